The smallest absolute Gasteiger partial charge is 0.252 e. The highest BCUT2D eigenvalue weighted by Gasteiger charge is 2.39. The minimum absolute atomic E-state index is 0.0951. The summed E-state index contributed by atoms with van der Waals surface area (Å²) in [5, 5.41) is 9.09. The molecule has 1 aromatic carbocycles. The average molecular weight is 362 g/mol. The van der Waals surface area contributed by atoms with Crippen LogP contribution < -0.4 is 16.0 Å². The van der Waals surface area contributed by atoms with E-state index < -0.39 is 5.60 Å². The Morgan fingerprint density at radius 3 is 2.62 bits per heavy atom. The molecule has 26 heavy (non-hydrogen) atoms. The van der Waals surface area contributed by atoms with Crippen LogP contribution in [0.5, 0.6) is 0 Å². The van der Waals surface area contributed by atoms with Gasteiger partial charge in [0.1, 0.15) is 5.60 Å². The molecule has 144 valence electrons. The normalized spacial score (nSPS) is 16.3. The first-order valence-corrected chi connectivity index (χ1v) is 9.03. The second-order valence-corrected chi connectivity index (χ2v) is 6.89. The van der Waals surface area contributed by atoms with E-state index in [1.54, 1.807) is 13.2 Å². The van der Waals surface area contributed by atoms with Crippen LogP contribution in [0.4, 0.5) is 0 Å². The molecule has 1 heterocycles. The fraction of sp³-hybridized carbons (Fsp3) is 0.579. The molecule has 0 atom stereocenters. The van der Waals surface area contributed by atoms with Crippen LogP contribution in [0.2, 0.25) is 0 Å². The maximum Gasteiger partial charge on any atom is 0.252 e. The third kappa shape index (κ3) is 5.52. The topological polar surface area (TPSA) is 82.7 Å². The van der Waals surface area contributed by atoms with Gasteiger partial charge in [0.25, 0.3) is 11.8 Å². The van der Waals surface area contributed by atoms with Crippen LogP contribution in [-0.2, 0) is 16.1 Å². The van der Waals surface area contributed by atoms with Gasteiger partial charge in [0.15, 0.2) is 0 Å². The highest BCUT2D eigenvalue weighted by molar-refractivity contribution is 5.94. The molecule has 7 heteroatoms. The lowest BCUT2D eigenvalue weighted by atomic mass is 9.91. The van der Waals surface area contributed by atoms with E-state index in [0.29, 0.717) is 31.5 Å². The third-order valence-electron chi connectivity index (χ3n) is 4.70. The average Bonchev–Trinajstić information content (AvgIpc) is 2.66. The van der Waals surface area contributed by atoms with E-state index >= 15 is 0 Å². The summed E-state index contributed by atoms with van der Waals surface area (Å²) in [6.07, 6.45) is 1.31. The second kappa shape index (κ2) is 9.66. The van der Waals surface area contributed by atoms with E-state index in [2.05, 4.69) is 16.0 Å². The Balaban J connectivity index is 1.91. The zero-order valence-corrected chi connectivity index (χ0v) is 15.9. The number of benzene rings is 1. The van der Waals surface area contributed by atoms with Gasteiger partial charge in [-0.05, 0) is 57.7 Å². The number of likely N-dealkylation sites (N-methyl/N-ethyl adjacent to an activating group) is 1. The number of nitrogens with one attached hydrogen (secondary N) is 3. The number of hydrogen-bond donors (Lipinski definition) is 3. The van der Waals surface area contributed by atoms with Crippen LogP contribution in [0.15, 0.2) is 24.3 Å². The van der Waals surface area contributed by atoms with Gasteiger partial charge < -0.3 is 25.6 Å². The molecule has 0 radical (unpaired) electrons. The van der Waals surface area contributed by atoms with Crippen LogP contribution in [0, 0.1) is 0 Å². The molecule has 0 aromatic heterocycles. The van der Waals surface area contributed by atoms with Crippen molar-refractivity contribution < 1.29 is 14.3 Å². The molecule has 1 fully saturated rings. The summed E-state index contributed by atoms with van der Waals surface area (Å²) >= 11 is 0. The summed E-state index contributed by atoms with van der Waals surface area (Å²) in [7, 11) is 5.51. The van der Waals surface area contributed by atoms with Crippen LogP contribution in [-0.4, -0.2) is 69.7 Å². The van der Waals surface area contributed by atoms with E-state index in [0.717, 1.165) is 25.2 Å². The Labute approximate surface area is 155 Å². The van der Waals surface area contributed by atoms with Crippen molar-refractivity contribution in [2.24, 2.45) is 0 Å². The van der Waals surface area contributed by atoms with Crippen LogP contribution in [0.25, 0.3) is 0 Å². The minimum Gasteiger partial charge on any atom is -0.368 e. The molecule has 2 amide bonds. The SMILES string of the molecule is COC1(C(=O)NCc2cccc(C(=O)NCCN(C)C)c2)CCNCC1. The molecule has 3 N–H and O–H groups in total. The molecule has 0 saturated carbocycles. The van der Waals surface area contributed by atoms with Gasteiger partial charge in [0, 0.05) is 32.3 Å². The zero-order valence-electron chi connectivity index (χ0n) is 15.9. The Kier molecular flexibility index (Phi) is 7.56. The number of carbonyl (C=O) groups is 2. The standard InChI is InChI=1S/C19H30N4O3/c1-23(2)12-11-21-17(24)16-6-4-5-15(13-16)14-22-18(25)19(26-3)7-9-20-10-8-19/h4-6,13,20H,7-12,14H2,1-3H3,(H,21,24)(H,22,25). The third-order valence-corrected chi connectivity index (χ3v) is 4.70. The molecule has 0 unspecified atom stereocenters. The van der Waals surface area contributed by atoms with Gasteiger partial charge in [-0.25, -0.2) is 0 Å². The van der Waals surface area contributed by atoms with Crippen molar-refractivity contribution in [1.82, 2.24) is 20.9 Å². The van der Waals surface area contributed by atoms with Gasteiger partial charge >= 0.3 is 0 Å². The second-order valence-electron chi connectivity index (χ2n) is 6.89. The monoisotopic (exact) mass is 362 g/mol. The van der Waals surface area contributed by atoms with Crippen molar-refractivity contribution in [2.75, 3.05) is 47.4 Å². The van der Waals surface area contributed by atoms with Crippen molar-refractivity contribution in [2.45, 2.75) is 25.0 Å². The number of methoxy groups -OCH3 is 1. The van der Waals surface area contributed by atoms with E-state index in [4.69, 9.17) is 4.74 Å². The number of amides is 2. The Bertz CT molecular complexity index is 613. The fourth-order valence-electron chi connectivity index (χ4n) is 3.02. The predicted molar refractivity (Wildman–Crippen MR) is 101 cm³/mol. The van der Waals surface area contributed by atoms with Crippen LogP contribution in [0.3, 0.4) is 0 Å². The van der Waals surface area contributed by atoms with Gasteiger partial charge in [0.05, 0.1) is 0 Å². The lowest BCUT2D eigenvalue weighted by molar-refractivity contribution is -0.146. The largest absolute Gasteiger partial charge is 0.368 e. The van der Waals surface area contributed by atoms with Gasteiger partial charge in [-0.3, -0.25) is 9.59 Å². The fourth-order valence-corrected chi connectivity index (χ4v) is 3.02. The lowest BCUT2D eigenvalue weighted by Crippen LogP contribution is -2.53. The van der Waals surface area contributed by atoms with Crippen molar-refractivity contribution in [3.63, 3.8) is 0 Å². The zero-order chi connectivity index (χ0) is 19.0. The van der Waals surface area contributed by atoms with E-state index in [9.17, 15) is 9.59 Å². The first-order chi connectivity index (χ1) is 12.5. The van der Waals surface area contributed by atoms with Gasteiger partial charge in [-0.15, -0.1) is 0 Å². The first-order valence-electron chi connectivity index (χ1n) is 9.03. The highest BCUT2D eigenvalue weighted by atomic mass is 16.5. The molecule has 1 aliphatic rings. The predicted octanol–water partition coefficient (Wildman–Crippen LogP) is 0.363. The Hall–Kier alpha value is -1.96. The minimum atomic E-state index is -0.758. The molecular weight excluding hydrogens is 332 g/mol. The number of rotatable bonds is 8. The molecule has 0 bridgehead atoms. The summed E-state index contributed by atoms with van der Waals surface area (Å²) in [5.41, 5.74) is 0.726. The number of piperidine rings is 1. The molecular formula is C19H30N4O3. The van der Waals surface area contributed by atoms with Crippen LogP contribution in [0.1, 0.15) is 28.8 Å². The molecule has 0 aliphatic carbocycles. The summed E-state index contributed by atoms with van der Waals surface area (Å²) < 4.78 is 5.53. The van der Waals surface area contributed by atoms with Crippen molar-refractivity contribution in [3.05, 3.63) is 35.4 Å². The maximum absolute atomic E-state index is 12.6. The highest BCUT2D eigenvalue weighted by Crippen LogP contribution is 2.22. The van der Waals surface area contributed by atoms with E-state index in [-0.39, 0.29) is 11.8 Å². The number of ether oxygens (including phenoxy) is 1. The summed E-state index contributed by atoms with van der Waals surface area (Å²) in [5.74, 6) is -0.200. The van der Waals surface area contributed by atoms with Crippen molar-refractivity contribution in [3.8, 4) is 0 Å². The molecule has 7 nitrogen and oxygen atoms in total. The Morgan fingerprint density at radius 2 is 1.96 bits per heavy atom. The first kappa shape index (κ1) is 20.4. The molecule has 2 rings (SSSR count). The van der Waals surface area contributed by atoms with Crippen molar-refractivity contribution in [1.29, 1.82) is 0 Å². The number of carbonyl (C=O) groups excluding carboxylic acids is 2. The van der Waals surface area contributed by atoms with E-state index in [1.807, 2.05) is 37.2 Å². The quantitative estimate of drug-likeness (QED) is 0.622. The van der Waals surface area contributed by atoms with Gasteiger partial charge in [0.2, 0.25) is 0 Å². The van der Waals surface area contributed by atoms with Crippen LogP contribution >= 0.6 is 0 Å². The molecule has 0 spiro atoms. The number of nitrogens with zero attached hydrogens (tertiary/aromatic N) is 1. The Morgan fingerprint density at radius 1 is 1.23 bits per heavy atom. The summed E-state index contributed by atoms with van der Waals surface area (Å²) in [4.78, 5) is 26.8. The maximum atomic E-state index is 12.6. The summed E-state index contributed by atoms with van der Waals surface area (Å²) in [6.45, 7) is 3.29. The van der Waals surface area contributed by atoms with Gasteiger partial charge in [-0.1, -0.05) is 12.1 Å². The molecule has 1 saturated heterocycles. The molecule has 1 aliphatic heterocycles. The van der Waals surface area contributed by atoms with Crippen molar-refractivity contribution >= 4 is 11.8 Å². The number of hydrogen-bond acceptors (Lipinski definition) is 5. The summed E-state index contributed by atoms with van der Waals surface area (Å²) in [6, 6.07) is 7.32. The lowest BCUT2D eigenvalue weighted by Gasteiger charge is -2.34. The van der Waals surface area contributed by atoms with E-state index in [1.165, 1.54) is 0 Å². The molecule has 1 aromatic rings. The van der Waals surface area contributed by atoms with Gasteiger partial charge in [-0.2, -0.15) is 0 Å².